The number of hydrogen-bond donors (Lipinski definition) is 3. The van der Waals surface area contributed by atoms with Gasteiger partial charge in [-0.3, -0.25) is 0 Å². The Balaban J connectivity index is 1.78. The summed E-state index contributed by atoms with van der Waals surface area (Å²) in [6.45, 7) is 5.74. The summed E-state index contributed by atoms with van der Waals surface area (Å²) in [4.78, 5) is 12.6. The molecule has 0 saturated carbocycles. The first-order chi connectivity index (χ1) is 18.0. The monoisotopic (exact) mass is 555 g/mol. The van der Waals surface area contributed by atoms with Gasteiger partial charge in [0.2, 0.25) is 11.8 Å². The number of nitrogen functional groups attached to an aromatic ring is 1. The van der Waals surface area contributed by atoms with Crippen LogP contribution in [0.25, 0.3) is 11.3 Å². The molecule has 0 spiro atoms. The molecule has 1 atom stereocenters. The fourth-order valence-electron chi connectivity index (χ4n) is 3.89. The van der Waals surface area contributed by atoms with Gasteiger partial charge in [-0.25, -0.2) is 23.4 Å². The van der Waals surface area contributed by atoms with Crippen molar-refractivity contribution >= 4 is 27.4 Å². The Hall–Kier alpha value is -3.77. The molecule has 0 aliphatic rings. The van der Waals surface area contributed by atoms with Gasteiger partial charge in [0.15, 0.2) is 5.03 Å². The number of halogens is 1. The van der Waals surface area contributed by atoms with Crippen molar-refractivity contribution in [2.75, 3.05) is 12.8 Å². The lowest BCUT2D eigenvalue weighted by molar-refractivity contribution is 0.162. The summed E-state index contributed by atoms with van der Waals surface area (Å²) in [7, 11) is -2.77. The second-order valence-electron chi connectivity index (χ2n) is 8.56. The van der Waals surface area contributed by atoms with Crippen molar-refractivity contribution in [3.8, 4) is 28.8 Å². The molecule has 4 rings (SSSR count). The SMILES string of the molecule is COc1ncc(-c2ccc(C(O)NS(=O)(=O)c3cccc(N)n3)c(Oc3c(C)cc(C)cc3C)n2)cc1Cl. The van der Waals surface area contributed by atoms with Crippen LogP contribution >= 0.6 is 11.6 Å². The third kappa shape index (κ3) is 5.86. The highest BCUT2D eigenvalue weighted by atomic mass is 35.5. The molecule has 38 heavy (non-hydrogen) atoms. The summed E-state index contributed by atoms with van der Waals surface area (Å²) >= 11 is 6.25. The molecule has 1 unspecified atom stereocenters. The van der Waals surface area contributed by atoms with Crippen molar-refractivity contribution in [2.24, 2.45) is 0 Å². The van der Waals surface area contributed by atoms with Crippen LogP contribution in [0.5, 0.6) is 17.5 Å². The zero-order valence-electron chi connectivity index (χ0n) is 21.1. The van der Waals surface area contributed by atoms with E-state index in [1.54, 1.807) is 12.1 Å². The molecule has 4 N–H and O–H groups in total. The van der Waals surface area contributed by atoms with E-state index < -0.39 is 16.3 Å². The molecule has 3 aromatic heterocycles. The minimum atomic E-state index is -4.23. The summed E-state index contributed by atoms with van der Waals surface area (Å²) in [6, 6.07) is 12.8. The molecule has 12 heteroatoms. The quantitative estimate of drug-likeness (QED) is 0.267. The maximum Gasteiger partial charge on any atom is 0.260 e. The number of nitrogens with two attached hydrogens (primary N) is 1. The number of ether oxygens (including phenoxy) is 2. The van der Waals surface area contributed by atoms with Gasteiger partial charge in [0.05, 0.1) is 18.4 Å². The van der Waals surface area contributed by atoms with E-state index in [-0.39, 0.29) is 33.2 Å². The molecule has 10 nitrogen and oxygen atoms in total. The Morgan fingerprint density at radius 3 is 2.37 bits per heavy atom. The van der Waals surface area contributed by atoms with E-state index >= 15 is 0 Å². The zero-order chi connectivity index (χ0) is 27.6. The summed E-state index contributed by atoms with van der Waals surface area (Å²) in [6.07, 6.45) is -0.188. The predicted octanol–water partition coefficient (Wildman–Crippen LogP) is 4.47. The Morgan fingerprint density at radius 1 is 1.03 bits per heavy atom. The Labute approximate surface area is 225 Å². The maximum absolute atomic E-state index is 12.9. The molecule has 0 bridgehead atoms. The number of aliphatic hydroxyl groups is 1. The number of methoxy groups -OCH3 is 1. The van der Waals surface area contributed by atoms with Gasteiger partial charge in [-0.15, -0.1) is 0 Å². The van der Waals surface area contributed by atoms with E-state index in [4.69, 9.17) is 26.8 Å². The van der Waals surface area contributed by atoms with Crippen molar-refractivity contribution in [3.05, 3.63) is 82.0 Å². The minimum absolute atomic E-state index is 0.0137. The lowest BCUT2D eigenvalue weighted by atomic mass is 10.1. The number of pyridine rings is 3. The van der Waals surface area contributed by atoms with Crippen LogP contribution in [0, 0.1) is 20.8 Å². The van der Waals surface area contributed by atoms with E-state index in [2.05, 4.69) is 19.7 Å². The van der Waals surface area contributed by atoms with E-state index in [0.29, 0.717) is 17.0 Å². The van der Waals surface area contributed by atoms with Crippen molar-refractivity contribution in [1.29, 1.82) is 0 Å². The number of sulfonamides is 1. The third-order valence-electron chi connectivity index (χ3n) is 5.57. The minimum Gasteiger partial charge on any atom is -0.480 e. The molecule has 4 aromatic rings. The van der Waals surface area contributed by atoms with Crippen molar-refractivity contribution in [1.82, 2.24) is 19.7 Å². The molecule has 198 valence electrons. The Kier molecular flexibility index (Phi) is 7.83. The summed E-state index contributed by atoms with van der Waals surface area (Å²) in [5.74, 6) is 0.795. The summed E-state index contributed by atoms with van der Waals surface area (Å²) in [5, 5.41) is 10.9. The molecular formula is C26H26ClN5O5S. The average Bonchev–Trinajstić information content (AvgIpc) is 2.85. The van der Waals surface area contributed by atoms with Crippen molar-refractivity contribution < 1.29 is 23.0 Å². The highest BCUT2D eigenvalue weighted by Crippen LogP contribution is 2.35. The normalized spacial score (nSPS) is 12.3. The number of benzene rings is 1. The topological polar surface area (TPSA) is 150 Å². The van der Waals surface area contributed by atoms with Crippen LogP contribution in [0.2, 0.25) is 5.02 Å². The highest BCUT2D eigenvalue weighted by Gasteiger charge is 2.25. The second-order valence-corrected chi connectivity index (χ2v) is 10.6. The first-order valence-corrected chi connectivity index (χ1v) is 13.2. The lowest BCUT2D eigenvalue weighted by Crippen LogP contribution is -2.29. The van der Waals surface area contributed by atoms with Crippen molar-refractivity contribution in [3.63, 3.8) is 0 Å². The van der Waals surface area contributed by atoms with Crippen LogP contribution < -0.4 is 19.9 Å². The number of nitrogens with one attached hydrogen (secondary N) is 1. The fourth-order valence-corrected chi connectivity index (χ4v) is 5.16. The highest BCUT2D eigenvalue weighted by molar-refractivity contribution is 7.89. The second kappa shape index (κ2) is 10.9. The number of rotatable bonds is 8. The van der Waals surface area contributed by atoms with Gasteiger partial charge in [-0.2, -0.15) is 4.72 Å². The Morgan fingerprint density at radius 2 is 1.74 bits per heavy atom. The largest absolute Gasteiger partial charge is 0.480 e. The van der Waals surface area contributed by atoms with Gasteiger partial charge in [-0.1, -0.05) is 35.4 Å². The fraction of sp³-hybridized carbons (Fsp3) is 0.192. The first kappa shape index (κ1) is 27.3. The van der Waals surface area contributed by atoms with E-state index in [1.807, 2.05) is 32.9 Å². The summed E-state index contributed by atoms with van der Waals surface area (Å²) in [5.41, 5.74) is 9.43. The summed E-state index contributed by atoms with van der Waals surface area (Å²) < 4.78 is 39.3. The number of hydrogen-bond acceptors (Lipinski definition) is 9. The molecule has 1 aromatic carbocycles. The van der Waals surface area contributed by atoms with Gasteiger partial charge >= 0.3 is 0 Å². The number of aryl methyl sites for hydroxylation is 3. The van der Waals surface area contributed by atoms with E-state index in [9.17, 15) is 13.5 Å². The van der Waals surface area contributed by atoms with Crippen LogP contribution in [0.15, 0.2) is 59.8 Å². The predicted molar refractivity (Wildman–Crippen MR) is 144 cm³/mol. The van der Waals surface area contributed by atoms with E-state index in [0.717, 1.165) is 16.7 Å². The van der Waals surface area contributed by atoms with Crippen LogP contribution in [0.3, 0.4) is 0 Å². The van der Waals surface area contributed by atoms with Crippen LogP contribution in [0.1, 0.15) is 28.5 Å². The zero-order valence-corrected chi connectivity index (χ0v) is 22.6. The van der Waals surface area contributed by atoms with E-state index in [1.165, 1.54) is 37.6 Å². The molecule has 0 fully saturated rings. The van der Waals surface area contributed by atoms with Gasteiger partial charge < -0.3 is 20.3 Å². The number of nitrogens with zero attached hydrogens (tertiary/aromatic N) is 3. The van der Waals surface area contributed by atoms with Crippen LogP contribution in [0.4, 0.5) is 5.82 Å². The third-order valence-corrected chi connectivity index (χ3v) is 7.15. The standard InChI is InChI=1S/C26H26ClN5O5S/c1-14-10-15(2)23(16(3)11-14)37-25-18(24(33)32-38(34,35)22-7-5-6-21(28)31-22)8-9-20(30-25)17-12-19(27)26(36-4)29-13-17/h5-13,24,32-33H,1-4H3,(H2,28,31). The molecule has 0 aliphatic heterocycles. The molecule has 0 radical (unpaired) electrons. The van der Waals surface area contributed by atoms with Gasteiger partial charge in [0.1, 0.15) is 22.8 Å². The molecular weight excluding hydrogens is 530 g/mol. The number of aliphatic hydroxyl groups excluding tert-OH is 1. The van der Waals surface area contributed by atoms with Crippen molar-refractivity contribution in [2.45, 2.75) is 32.0 Å². The van der Waals surface area contributed by atoms with Gasteiger partial charge in [0.25, 0.3) is 10.0 Å². The lowest BCUT2D eigenvalue weighted by Gasteiger charge is -2.19. The smallest absolute Gasteiger partial charge is 0.260 e. The first-order valence-electron chi connectivity index (χ1n) is 11.4. The average molecular weight is 556 g/mol. The molecule has 0 aliphatic carbocycles. The van der Waals surface area contributed by atoms with Gasteiger partial charge in [0, 0.05) is 11.8 Å². The maximum atomic E-state index is 12.9. The Bertz CT molecular complexity index is 1590. The molecule has 0 saturated heterocycles. The molecule has 0 amide bonds. The van der Waals surface area contributed by atoms with Crippen LogP contribution in [-0.2, 0) is 10.0 Å². The number of anilines is 1. The van der Waals surface area contributed by atoms with Crippen LogP contribution in [-0.4, -0.2) is 35.6 Å². The molecule has 3 heterocycles. The number of aromatic nitrogens is 3. The van der Waals surface area contributed by atoms with Gasteiger partial charge in [-0.05, 0) is 62.2 Å².